The molecule has 0 amide bonds. The predicted octanol–water partition coefficient (Wildman–Crippen LogP) is 3.86. The summed E-state index contributed by atoms with van der Waals surface area (Å²) in [4.78, 5) is 4.05. The zero-order valence-electron chi connectivity index (χ0n) is 11.9. The van der Waals surface area contributed by atoms with Crippen LogP contribution < -0.4 is 0 Å². The zero-order valence-corrected chi connectivity index (χ0v) is 12.7. The first kappa shape index (κ1) is 15.8. The summed E-state index contributed by atoms with van der Waals surface area (Å²) in [7, 11) is 0. The van der Waals surface area contributed by atoms with Crippen molar-refractivity contribution < 1.29 is 5.11 Å². The first-order chi connectivity index (χ1) is 8.84. The number of allylic oxidation sites excluding steroid dienone is 1. The monoisotopic (exact) mass is 277 g/mol. The van der Waals surface area contributed by atoms with E-state index in [0.29, 0.717) is 11.6 Å². The van der Waals surface area contributed by atoms with Gasteiger partial charge in [0.2, 0.25) is 0 Å². The van der Waals surface area contributed by atoms with Gasteiger partial charge in [0.15, 0.2) is 0 Å². The highest BCUT2D eigenvalue weighted by atomic mass is 35.5. The van der Waals surface area contributed by atoms with Gasteiger partial charge in [-0.25, -0.2) is 4.98 Å². The highest BCUT2D eigenvalue weighted by Crippen LogP contribution is 2.28. The fourth-order valence-corrected chi connectivity index (χ4v) is 1.64. The lowest BCUT2D eigenvalue weighted by Crippen LogP contribution is -2.08. The van der Waals surface area contributed by atoms with Crippen molar-refractivity contribution in [2.45, 2.75) is 34.1 Å². The minimum atomic E-state index is -0.0510. The summed E-state index contributed by atoms with van der Waals surface area (Å²) in [5.74, 6) is 6.12. The van der Waals surface area contributed by atoms with Crippen LogP contribution >= 0.6 is 11.6 Å². The Morgan fingerprint density at radius 2 is 2.16 bits per heavy atom. The molecule has 3 heteroatoms. The van der Waals surface area contributed by atoms with Gasteiger partial charge in [0.1, 0.15) is 5.15 Å². The van der Waals surface area contributed by atoms with Gasteiger partial charge in [-0.2, -0.15) is 0 Å². The number of hydrogen-bond acceptors (Lipinski definition) is 2. The third-order valence-electron chi connectivity index (χ3n) is 2.68. The summed E-state index contributed by atoms with van der Waals surface area (Å²) in [6.07, 6.45) is 4.30. The van der Waals surface area contributed by atoms with Crippen molar-refractivity contribution in [3.63, 3.8) is 0 Å². The van der Waals surface area contributed by atoms with Crippen LogP contribution in [0.3, 0.4) is 0 Å². The van der Waals surface area contributed by atoms with E-state index in [0.717, 1.165) is 16.7 Å². The number of aryl methyl sites for hydroxylation is 1. The molecule has 1 aromatic heterocycles. The van der Waals surface area contributed by atoms with Crippen molar-refractivity contribution in [2.75, 3.05) is 6.61 Å². The maximum absolute atomic E-state index is 8.80. The van der Waals surface area contributed by atoms with Crippen LogP contribution in [-0.2, 0) is 0 Å². The Bertz CT molecular complexity index is 530. The van der Waals surface area contributed by atoms with Crippen molar-refractivity contribution >= 4 is 17.7 Å². The largest absolute Gasteiger partial charge is 0.395 e. The minimum absolute atomic E-state index is 0.0510. The van der Waals surface area contributed by atoms with Crippen LogP contribution in [0.1, 0.15) is 38.3 Å². The smallest absolute Gasteiger partial charge is 0.129 e. The lowest BCUT2D eigenvalue weighted by molar-refractivity contribution is 0.305. The van der Waals surface area contributed by atoms with Gasteiger partial charge < -0.3 is 5.11 Å². The van der Waals surface area contributed by atoms with E-state index in [1.165, 1.54) is 0 Å². The Labute approximate surface area is 120 Å². The Hall–Kier alpha value is -1.30. The van der Waals surface area contributed by atoms with E-state index < -0.39 is 0 Å². The lowest BCUT2D eigenvalue weighted by Gasteiger charge is -2.19. The molecule has 2 nitrogen and oxygen atoms in total. The third-order valence-corrected chi connectivity index (χ3v) is 2.89. The van der Waals surface area contributed by atoms with Crippen LogP contribution in [0.4, 0.5) is 0 Å². The molecule has 0 aromatic carbocycles. The van der Waals surface area contributed by atoms with Crippen molar-refractivity contribution in [1.29, 1.82) is 0 Å². The Kier molecular flexibility index (Phi) is 5.60. The van der Waals surface area contributed by atoms with Crippen LogP contribution in [0.25, 0.3) is 6.08 Å². The van der Waals surface area contributed by atoms with Crippen molar-refractivity contribution in [3.8, 4) is 11.8 Å². The molecule has 1 aromatic rings. The van der Waals surface area contributed by atoms with E-state index in [1.807, 2.05) is 19.1 Å². The first-order valence-electron chi connectivity index (χ1n) is 6.28. The molecule has 0 saturated heterocycles. The number of aromatic nitrogens is 1. The number of rotatable bonds is 2. The topological polar surface area (TPSA) is 33.1 Å². The number of aliphatic hydroxyl groups is 1. The summed E-state index contributed by atoms with van der Waals surface area (Å²) in [6, 6.07) is 1.84. The van der Waals surface area contributed by atoms with Gasteiger partial charge in [0, 0.05) is 18.2 Å². The standard InChI is InChI=1S/C16H20ClNO/c1-12-11-18-15(17)10-13(12)9-14(16(2,3)4)7-5-6-8-19/h9-11,19H,6,8H2,1-4H3/b14-9+. The molecule has 0 aliphatic heterocycles. The van der Waals surface area contributed by atoms with Crippen LogP contribution in [0.5, 0.6) is 0 Å². The van der Waals surface area contributed by atoms with Crippen molar-refractivity contribution in [3.05, 3.63) is 34.1 Å². The van der Waals surface area contributed by atoms with E-state index in [1.54, 1.807) is 6.20 Å². The number of nitrogens with zero attached hydrogens (tertiary/aromatic N) is 1. The predicted molar refractivity (Wildman–Crippen MR) is 80.9 cm³/mol. The number of pyridine rings is 1. The molecule has 0 aliphatic carbocycles. The van der Waals surface area contributed by atoms with Gasteiger partial charge in [0.05, 0.1) is 6.61 Å². The molecule has 1 rings (SSSR count). The van der Waals surface area contributed by atoms with E-state index >= 15 is 0 Å². The van der Waals surface area contributed by atoms with E-state index in [4.69, 9.17) is 16.7 Å². The number of hydrogen-bond donors (Lipinski definition) is 1. The molecule has 0 spiro atoms. The second-order valence-corrected chi connectivity index (χ2v) is 5.83. The van der Waals surface area contributed by atoms with E-state index in [-0.39, 0.29) is 12.0 Å². The summed E-state index contributed by atoms with van der Waals surface area (Å²) in [6.45, 7) is 8.43. The molecule has 0 bridgehead atoms. The van der Waals surface area contributed by atoms with Gasteiger partial charge in [-0.15, -0.1) is 0 Å². The van der Waals surface area contributed by atoms with Crippen molar-refractivity contribution in [2.24, 2.45) is 5.41 Å². The Balaban J connectivity index is 3.21. The average Bonchev–Trinajstić information content (AvgIpc) is 2.31. The molecule has 1 heterocycles. The zero-order chi connectivity index (χ0) is 14.5. The lowest BCUT2D eigenvalue weighted by atomic mass is 9.85. The highest BCUT2D eigenvalue weighted by Gasteiger charge is 2.15. The molecule has 0 aliphatic rings. The fraction of sp³-hybridized carbons (Fsp3) is 0.438. The van der Waals surface area contributed by atoms with E-state index in [9.17, 15) is 0 Å². The molecule has 0 atom stereocenters. The van der Waals surface area contributed by atoms with Crippen LogP contribution in [0.2, 0.25) is 5.15 Å². The quantitative estimate of drug-likeness (QED) is 0.658. The van der Waals surface area contributed by atoms with Gasteiger partial charge in [0.25, 0.3) is 0 Å². The SMILES string of the molecule is Cc1cnc(Cl)cc1/C=C(\C#CCCO)C(C)(C)C. The molecule has 1 N–H and O–H groups in total. The molecule has 0 saturated carbocycles. The van der Waals surface area contributed by atoms with Crippen LogP contribution in [-0.4, -0.2) is 16.7 Å². The Morgan fingerprint density at radius 1 is 1.47 bits per heavy atom. The van der Waals surface area contributed by atoms with Gasteiger partial charge in [-0.1, -0.05) is 44.2 Å². The summed E-state index contributed by atoms with van der Waals surface area (Å²) in [5, 5.41) is 9.28. The average molecular weight is 278 g/mol. The minimum Gasteiger partial charge on any atom is -0.395 e. The van der Waals surface area contributed by atoms with Crippen LogP contribution in [0.15, 0.2) is 17.8 Å². The number of halogens is 1. The first-order valence-corrected chi connectivity index (χ1v) is 6.66. The summed E-state index contributed by atoms with van der Waals surface area (Å²) in [5.41, 5.74) is 3.06. The van der Waals surface area contributed by atoms with Gasteiger partial charge >= 0.3 is 0 Å². The second-order valence-electron chi connectivity index (χ2n) is 5.45. The Morgan fingerprint density at radius 3 is 2.74 bits per heavy atom. The molecule has 19 heavy (non-hydrogen) atoms. The maximum Gasteiger partial charge on any atom is 0.129 e. The molecule has 0 fully saturated rings. The maximum atomic E-state index is 8.80. The molecular weight excluding hydrogens is 258 g/mol. The second kappa shape index (κ2) is 6.75. The number of aliphatic hydroxyl groups excluding tert-OH is 1. The fourth-order valence-electron chi connectivity index (χ4n) is 1.48. The molecule has 102 valence electrons. The molecular formula is C16H20ClNO. The molecule has 0 unspecified atom stereocenters. The molecule has 0 radical (unpaired) electrons. The van der Waals surface area contributed by atoms with Gasteiger partial charge in [-0.3, -0.25) is 0 Å². The van der Waals surface area contributed by atoms with Gasteiger partial charge in [-0.05, 0) is 35.6 Å². The van der Waals surface area contributed by atoms with Crippen molar-refractivity contribution in [1.82, 2.24) is 4.98 Å². The highest BCUT2D eigenvalue weighted by molar-refractivity contribution is 6.29. The summed E-state index contributed by atoms with van der Waals surface area (Å²) >= 11 is 5.93. The van der Waals surface area contributed by atoms with Crippen LogP contribution in [0, 0.1) is 24.2 Å². The van der Waals surface area contributed by atoms with E-state index in [2.05, 4.69) is 37.6 Å². The third kappa shape index (κ3) is 5.06. The summed E-state index contributed by atoms with van der Waals surface area (Å²) < 4.78 is 0. The normalized spacial score (nSPS) is 12.0.